The van der Waals surface area contributed by atoms with Crippen LogP contribution in [0.2, 0.25) is 0 Å². The smallest absolute Gasteiger partial charge is 0.111 e. The zero-order valence-corrected chi connectivity index (χ0v) is 7.51. The molecule has 0 aromatic carbocycles. The predicted molar refractivity (Wildman–Crippen MR) is 46.4 cm³/mol. The molecular weight excluding hydrogens is 140 g/mol. The lowest BCUT2D eigenvalue weighted by Gasteiger charge is -2.08. The highest BCUT2D eigenvalue weighted by Crippen LogP contribution is 1.99. The molecule has 0 aromatic heterocycles. The Bertz CT molecular complexity index is 91.6. The normalized spacial score (nSPS) is 12.5. The topological polar surface area (TPSA) is 18.5 Å². The third-order valence-electron chi connectivity index (χ3n) is 1.56. The summed E-state index contributed by atoms with van der Waals surface area (Å²) in [6.45, 7) is 9.87. The second kappa shape index (κ2) is 7.61. The molecule has 0 heterocycles. The molecule has 0 fully saturated rings. The molecule has 11 heavy (non-hydrogen) atoms. The maximum Gasteiger partial charge on any atom is 0.111 e. The Morgan fingerprint density at radius 1 is 1.45 bits per heavy atom. The van der Waals surface area contributed by atoms with Crippen LogP contribution in [0.1, 0.15) is 20.3 Å². The van der Waals surface area contributed by atoms with E-state index in [-0.39, 0.29) is 0 Å². The van der Waals surface area contributed by atoms with Crippen molar-refractivity contribution in [2.45, 2.75) is 20.3 Å². The summed E-state index contributed by atoms with van der Waals surface area (Å²) >= 11 is 0. The Hall–Kier alpha value is -0.500. The van der Waals surface area contributed by atoms with Crippen LogP contribution in [0.15, 0.2) is 12.8 Å². The van der Waals surface area contributed by atoms with E-state index in [9.17, 15) is 0 Å². The minimum absolute atomic E-state index is 0.611. The Labute approximate surface area is 69.2 Å². The van der Waals surface area contributed by atoms with Gasteiger partial charge in [0.15, 0.2) is 0 Å². The summed E-state index contributed by atoms with van der Waals surface area (Å²) in [5.41, 5.74) is 0. The molecule has 0 aliphatic heterocycles. The van der Waals surface area contributed by atoms with Gasteiger partial charge in [-0.15, -0.1) is 0 Å². The first-order valence-corrected chi connectivity index (χ1v) is 4.11. The van der Waals surface area contributed by atoms with Gasteiger partial charge in [0, 0.05) is 6.61 Å². The second-order valence-electron chi connectivity index (χ2n) is 2.63. The fourth-order valence-electron chi connectivity index (χ4n) is 0.593. The first-order chi connectivity index (χ1) is 5.31. The van der Waals surface area contributed by atoms with Crippen LogP contribution in [-0.4, -0.2) is 19.8 Å². The van der Waals surface area contributed by atoms with Gasteiger partial charge in [0.2, 0.25) is 0 Å². The van der Waals surface area contributed by atoms with Gasteiger partial charge in [-0.2, -0.15) is 0 Å². The van der Waals surface area contributed by atoms with Gasteiger partial charge >= 0.3 is 0 Å². The molecule has 1 unspecified atom stereocenters. The second-order valence-corrected chi connectivity index (χ2v) is 2.63. The zero-order valence-electron chi connectivity index (χ0n) is 7.51. The highest BCUT2D eigenvalue weighted by molar-refractivity contribution is 4.49. The average molecular weight is 158 g/mol. The van der Waals surface area contributed by atoms with Gasteiger partial charge in [-0.1, -0.05) is 26.8 Å². The molecule has 0 saturated heterocycles. The van der Waals surface area contributed by atoms with Crippen molar-refractivity contribution in [1.29, 1.82) is 0 Å². The number of ether oxygens (including phenoxy) is 2. The monoisotopic (exact) mass is 158 g/mol. The Morgan fingerprint density at radius 2 is 2.18 bits per heavy atom. The lowest BCUT2D eigenvalue weighted by Crippen LogP contribution is -2.08. The van der Waals surface area contributed by atoms with E-state index in [0.29, 0.717) is 19.1 Å². The maximum atomic E-state index is 5.32. The fraction of sp³-hybridized carbons (Fsp3) is 0.778. The summed E-state index contributed by atoms with van der Waals surface area (Å²) in [6, 6.07) is 0. The minimum Gasteiger partial charge on any atom is -0.499 e. The molecule has 2 nitrogen and oxygen atoms in total. The van der Waals surface area contributed by atoms with Crippen molar-refractivity contribution >= 4 is 0 Å². The number of hydrogen-bond donors (Lipinski definition) is 0. The van der Waals surface area contributed by atoms with Crippen molar-refractivity contribution in [2.24, 2.45) is 5.92 Å². The van der Waals surface area contributed by atoms with Gasteiger partial charge in [0.25, 0.3) is 0 Å². The molecule has 0 aliphatic rings. The van der Waals surface area contributed by atoms with Crippen LogP contribution in [0, 0.1) is 5.92 Å². The quantitative estimate of drug-likeness (QED) is 0.418. The first-order valence-electron chi connectivity index (χ1n) is 4.11. The van der Waals surface area contributed by atoms with Crippen LogP contribution in [0.3, 0.4) is 0 Å². The van der Waals surface area contributed by atoms with Crippen LogP contribution in [0.25, 0.3) is 0 Å². The van der Waals surface area contributed by atoms with E-state index >= 15 is 0 Å². The largest absolute Gasteiger partial charge is 0.499 e. The van der Waals surface area contributed by atoms with Gasteiger partial charge in [-0.3, -0.25) is 0 Å². The van der Waals surface area contributed by atoms with Crippen LogP contribution in [0.4, 0.5) is 0 Å². The van der Waals surface area contributed by atoms with Crippen LogP contribution >= 0.6 is 0 Å². The zero-order chi connectivity index (χ0) is 8.53. The van der Waals surface area contributed by atoms with Gasteiger partial charge in [-0.05, 0) is 5.92 Å². The minimum atomic E-state index is 0.611. The standard InChI is InChI=1S/C9H18O2/c1-4-9(3)8-11-7-6-10-5-2/h5,9H,2,4,6-8H2,1,3H3. The fourth-order valence-corrected chi connectivity index (χ4v) is 0.593. The van der Waals surface area contributed by atoms with E-state index in [1.54, 1.807) is 0 Å². The van der Waals surface area contributed by atoms with Crippen LogP contribution in [0.5, 0.6) is 0 Å². The summed E-state index contributed by atoms with van der Waals surface area (Å²) in [7, 11) is 0. The lowest BCUT2D eigenvalue weighted by atomic mass is 10.1. The highest BCUT2D eigenvalue weighted by Gasteiger charge is 1.96. The molecule has 0 rings (SSSR count). The van der Waals surface area contributed by atoms with Crippen molar-refractivity contribution in [1.82, 2.24) is 0 Å². The molecule has 0 saturated carbocycles. The van der Waals surface area contributed by atoms with E-state index in [1.165, 1.54) is 12.7 Å². The number of hydrogen-bond acceptors (Lipinski definition) is 2. The summed E-state index contributed by atoms with van der Waals surface area (Å²) in [5.74, 6) is 0.652. The molecule has 0 aromatic rings. The van der Waals surface area contributed by atoms with Crippen molar-refractivity contribution < 1.29 is 9.47 Å². The third kappa shape index (κ3) is 7.40. The van der Waals surface area contributed by atoms with Gasteiger partial charge in [-0.25, -0.2) is 0 Å². The Kier molecular flexibility index (Phi) is 7.26. The van der Waals surface area contributed by atoms with E-state index in [2.05, 4.69) is 20.4 Å². The lowest BCUT2D eigenvalue weighted by molar-refractivity contribution is 0.0653. The molecule has 1 atom stereocenters. The van der Waals surface area contributed by atoms with Crippen LogP contribution < -0.4 is 0 Å². The summed E-state index contributed by atoms with van der Waals surface area (Å²) < 4.78 is 10.2. The summed E-state index contributed by atoms with van der Waals surface area (Å²) in [4.78, 5) is 0. The molecule has 0 aliphatic carbocycles. The average Bonchev–Trinajstić information content (AvgIpc) is 2.04. The predicted octanol–water partition coefficient (Wildman–Crippen LogP) is 2.21. The van der Waals surface area contributed by atoms with Gasteiger partial charge in [0.1, 0.15) is 6.61 Å². The molecular formula is C9H18O2. The Morgan fingerprint density at radius 3 is 2.73 bits per heavy atom. The van der Waals surface area contributed by atoms with Crippen LogP contribution in [-0.2, 0) is 9.47 Å². The molecule has 0 radical (unpaired) electrons. The first kappa shape index (κ1) is 10.5. The molecule has 0 spiro atoms. The van der Waals surface area contributed by atoms with E-state index in [4.69, 9.17) is 9.47 Å². The van der Waals surface area contributed by atoms with Crippen molar-refractivity contribution in [3.63, 3.8) is 0 Å². The third-order valence-corrected chi connectivity index (χ3v) is 1.56. The molecule has 2 heteroatoms. The molecule has 0 bridgehead atoms. The van der Waals surface area contributed by atoms with E-state index in [0.717, 1.165) is 6.61 Å². The summed E-state index contributed by atoms with van der Waals surface area (Å²) in [6.07, 6.45) is 2.61. The molecule has 66 valence electrons. The molecule has 0 N–H and O–H groups in total. The van der Waals surface area contributed by atoms with E-state index < -0.39 is 0 Å². The summed E-state index contributed by atoms with van der Waals surface area (Å²) in [5, 5.41) is 0. The van der Waals surface area contributed by atoms with Crippen molar-refractivity contribution in [2.75, 3.05) is 19.8 Å². The highest BCUT2D eigenvalue weighted by atomic mass is 16.5. The van der Waals surface area contributed by atoms with Gasteiger partial charge < -0.3 is 9.47 Å². The van der Waals surface area contributed by atoms with Crippen molar-refractivity contribution in [3.05, 3.63) is 12.8 Å². The maximum absolute atomic E-state index is 5.32. The van der Waals surface area contributed by atoms with Crippen molar-refractivity contribution in [3.8, 4) is 0 Å². The number of rotatable bonds is 7. The van der Waals surface area contributed by atoms with Gasteiger partial charge in [0.05, 0.1) is 12.9 Å². The molecule has 0 amide bonds. The Balaban J connectivity index is 2.95. The SMILES string of the molecule is C=COCCOCC(C)CC. The van der Waals surface area contributed by atoms with E-state index in [1.807, 2.05) is 0 Å².